The molecule has 2 saturated heterocycles. The maximum Gasteiger partial charge on any atom is 0.240 e. The van der Waals surface area contributed by atoms with Crippen molar-refractivity contribution in [2.24, 2.45) is 0 Å². The van der Waals surface area contributed by atoms with Gasteiger partial charge in [0.25, 0.3) is 0 Å². The van der Waals surface area contributed by atoms with Crippen LogP contribution in [0.4, 0.5) is 0 Å². The summed E-state index contributed by atoms with van der Waals surface area (Å²) in [5, 5.41) is 8.99. The lowest BCUT2D eigenvalue weighted by atomic mass is 9.93. The van der Waals surface area contributed by atoms with E-state index < -0.39 is 20.7 Å². The van der Waals surface area contributed by atoms with E-state index in [1.165, 1.54) is 0 Å². The van der Waals surface area contributed by atoms with Gasteiger partial charge in [-0.25, -0.2) is 8.42 Å². The SMILES string of the molecule is CC1(O)CCN(C(=O)C2CCCCS2(=O)=O)CC1. The Balaban J connectivity index is 2.04. The van der Waals surface area contributed by atoms with Gasteiger partial charge in [-0.15, -0.1) is 0 Å². The number of sulfone groups is 1. The summed E-state index contributed by atoms with van der Waals surface area (Å²) in [6.45, 7) is 2.67. The fourth-order valence-electron chi connectivity index (χ4n) is 2.64. The van der Waals surface area contributed by atoms with Gasteiger partial charge in [0.15, 0.2) is 9.84 Å². The molecule has 0 saturated carbocycles. The Morgan fingerprint density at radius 1 is 1.28 bits per heavy atom. The number of rotatable bonds is 1. The van der Waals surface area contributed by atoms with E-state index in [9.17, 15) is 18.3 Å². The van der Waals surface area contributed by atoms with Crippen molar-refractivity contribution in [2.75, 3.05) is 18.8 Å². The Morgan fingerprint density at radius 3 is 2.44 bits per heavy atom. The van der Waals surface area contributed by atoms with Crippen molar-refractivity contribution in [3.05, 3.63) is 0 Å². The Kier molecular flexibility index (Phi) is 3.69. The van der Waals surface area contributed by atoms with E-state index in [2.05, 4.69) is 0 Å². The maximum atomic E-state index is 12.2. The van der Waals surface area contributed by atoms with Gasteiger partial charge in [0.1, 0.15) is 5.25 Å². The second-order valence-electron chi connectivity index (χ2n) is 5.67. The van der Waals surface area contributed by atoms with E-state index >= 15 is 0 Å². The van der Waals surface area contributed by atoms with Crippen LogP contribution in [0.1, 0.15) is 39.0 Å². The van der Waals surface area contributed by atoms with E-state index in [1.54, 1.807) is 11.8 Å². The minimum absolute atomic E-state index is 0.134. The smallest absolute Gasteiger partial charge is 0.240 e. The molecule has 0 spiro atoms. The number of hydrogen-bond donors (Lipinski definition) is 1. The molecule has 1 N–H and O–H groups in total. The molecular formula is C12H21NO4S. The fraction of sp³-hybridized carbons (Fsp3) is 0.917. The molecule has 0 aliphatic carbocycles. The first-order valence-corrected chi connectivity index (χ1v) is 8.26. The van der Waals surface area contributed by atoms with Crippen molar-refractivity contribution >= 4 is 15.7 Å². The molecule has 0 aromatic rings. The zero-order chi connectivity index (χ0) is 13.4. The van der Waals surface area contributed by atoms with Gasteiger partial charge in [0.2, 0.25) is 5.91 Å². The van der Waals surface area contributed by atoms with Crippen molar-refractivity contribution in [3.8, 4) is 0 Å². The zero-order valence-corrected chi connectivity index (χ0v) is 11.6. The van der Waals surface area contributed by atoms with Gasteiger partial charge in [0, 0.05) is 13.1 Å². The highest BCUT2D eigenvalue weighted by atomic mass is 32.2. The van der Waals surface area contributed by atoms with Gasteiger partial charge < -0.3 is 10.0 Å². The summed E-state index contributed by atoms with van der Waals surface area (Å²) in [4.78, 5) is 13.8. The van der Waals surface area contributed by atoms with Crippen LogP contribution in [0.3, 0.4) is 0 Å². The second kappa shape index (κ2) is 4.81. The van der Waals surface area contributed by atoms with Crippen LogP contribution in [0, 0.1) is 0 Å². The lowest BCUT2D eigenvalue weighted by Gasteiger charge is -2.37. The van der Waals surface area contributed by atoms with E-state index in [0.29, 0.717) is 38.8 Å². The summed E-state index contributed by atoms with van der Waals surface area (Å²) in [7, 11) is -3.25. The van der Waals surface area contributed by atoms with E-state index in [-0.39, 0.29) is 11.7 Å². The number of nitrogens with zero attached hydrogens (tertiary/aromatic N) is 1. The first kappa shape index (κ1) is 13.8. The first-order valence-electron chi connectivity index (χ1n) is 6.55. The Labute approximate surface area is 108 Å². The molecule has 0 radical (unpaired) electrons. The Hall–Kier alpha value is -0.620. The highest BCUT2D eigenvalue weighted by molar-refractivity contribution is 7.92. The Bertz CT molecular complexity index is 419. The molecule has 1 atom stereocenters. The van der Waals surface area contributed by atoms with Crippen molar-refractivity contribution in [3.63, 3.8) is 0 Å². The summed E-state index contributed by atoms with van der Waals surface area (Å²) in [6, 6.07) is 0. The molecule has 2 aliphatic heterocycles. The van der Waals surface area contributed by atoms with Crippen LogP contribution in [0.15, 0.2) is 0 Å². The van der Waals surface area contributed by atoms with E-state index in [0.717, 1.165) is 6.42 Å². The number of piperidine rings is 1. The average molecular weight is 275 g/mol. The van der Waals surface area contributed by atoms with Crippen LogP contribution in [0.2, 0.25) is 0 Å². The number of carbonyl (C=O) groups is 1. The summed E-state index contributed by atoms with van der Waals surface area (Å²) < 4.78 is 23.8. The van der Waals surface area contributed by atoms with Crippen LogP contribution in [-0.4, -0.2) is 54.0 Å². The van der Waals surface area contributed by atoms with Gasteiger partial charge in [-0.2, -0.15) is 0 Å². The molecule has 2 fully saturated rings. The second-order valence-corrected chi connectivity index (χ2v) is 7.98. The molecule has 5 nitrogen and oxygen atoms in total. The van der Waals surface area contributed by atoms with E-state index in [4.69, 9.17) is 0 Å². The normalized spacial score (nSPS) is 31.0. The molecule has 0 aromatic carbocycles. The highest BCUT2D eigenvalue weighted by Crippen LogP contribution is 2.26. The van der Waals surface area contributed by atoms with Gasteiger partial charge >= 0.3 is 0 Å². The van der Waals surface area contributed by atoms with Crippen LogP contribution < -0.4 is 0 Å². The molecule has 2 heterocycles. The third-order valence-corrected chi connectivity index (χ3v) is 6.17. The van der Waals surface area contributed by atoms with Crippen molar-refractivity contribution < 1.29 is 18.3 Å². The zero-order valence-electron chi connectivity index (χ0n) is 10.8. The number of aliphatic hydroxyl groups is 1. The van der Waals surface area contributed by atoms with Crippen LogP contribution in [0.25, 0.3) is 0 Å². The van der Waals surface area contributed by atoms with Crippen LogP contribution in [-0.2, 0) is 14.6 Å². The Morgan fingerprint density at radius 2 is 1.89 bits per heavy atom. The quantitative estimate of drug-likeness (QED) is 0.748. The van der Waals surface area contributed by atoms with Crippen LogP contribution >= 0.6 is 0 Å². The predicted octanol–water partition coefficient (Wildman–Crippen LogP) is 0.327. The largest absolute Gasteiger partial charge is 0.390 e. The first-order chi connectivity index (χ1) is 8.32. The van der Waals surface area contributed by atoms with Gasteiger partial charge in [-0.05, 0) is 32.6 Å². The van der Waals surface area contributed by atoms with Gasteiger partial charge in [0.05, 0.1) is 11.4 Å². The lowest BCUT2D eigenvalue weighted by molar-refractivity contribution is -0.134. The number of carbonyl (C=O) groups excluding carboxylic acids is 1. The standard InChI is InChI=1S/C12H21NO4S/c1-12(15)5-7-13(8-6-12)11(14)10-4-2-3-9-18(10,16)17/h10,15H,2-9H2,1H3. The van der Waals surface area contributed by atoms with Crippen LogP contribution in [0.5, 0.6) is 0 Å². The van der Waals surface area contributed by atoms with Gasteiger partial charge in [-0.3, -0.25) is 4.79 Å². The molecule has 2 rings (SSSR count). The lowest BCUT2D eigenvalue weighted by Crippen LogP contribution is -2.51. The number of hydrogen-bond acceptors (Lipinski definition) is 4. The third kappa shape index (κ3) is 2.85. The molecular weight excluding hydrogens is 254 g/mol. The molecule has 6 heteroatoms. The summed E-state index contributed by atoms with van der Waals surface area (Å²) >= 11 is 0. The van der Waals surface area contributed by atoms with Crippen molar-refractivity contribution in [2.45, 2.75) is 49.9 Å². The summed E-state index contributed by atoms with van der Waals surface area (Å²) in [5.74, 6) is -0.125. The summed E-state index contributed by atoms with van der Waals surface area (Å²) in [6.07, 6.45) is 2.97. The summed E-state index contributed by atoms with van der Waals surface area (Å²) in [5.41, 5.74) is -0.720. The molecule has 0 aromatic heterocycles. The predicted molar refractivity (Wildman–Crippen MR) is 67.9 cm³/mol. The average Bonchev–Trinajstić information content (AvgIpc) is 2.27. The third-order valence-electron chi connectivity index (χ3n) is 4.01. The molecule has 1 unspecified atom stereocenters. The molecule has 1 amide bonds. The van der Waals surface area contributed by atoms with Crippen molar-refractivity contribution in [1.82, 2.24) is 4.90 Å². The van der Waals surface area contributed by atoms with E-state index in [1.807, 2.05) is 0 Å². The number of likely N-dealkylation sites (tertiary alicyclic amines) is 1. The molecule has 0 bridgehead atoms. The monoisotopic (exact) mass is 275 g/mol. The highest BCUT2D eigenvalue weighted by Gasteiger charge is 2.39. The maximum absolute atomic E-state index is 12.2. The fourth-order valence-corrected chi connectivity index (χ4v) is 4.52. The molecule has 2 aliphatic rings. The molecule has 104 valence electrons. The minimum atomic E-state index is -3.25. The number of amides is 1. The topological polar surface area (TPSA) is 74.7 Å². The van der Waals surface area contributed by atoms with Crippen molar-refractivity contribution in [1.29, 1.82) is 0 Å². The molecule has 18 heavy (non-hydrogen) atoms. The minimum Gasteiger partial charge on any atom is -0.390 e. The van der Waals surface area contributed by atoms with Gasteiger partial charge in [-0.1, -0.05) is 6.42 Å².